The molecule has 2 atom stereocenters. The van der Waals surface area contributed by atoms with Gasteiger partial charge in [0.1, 0.15) is 0 Å². The zero-order chi connectivity index (χ0) is 10.3. The maximum absolute atomic E-state index is 2.42. The summed E-state index contributed by atoms with van der Waals surface area (Å²) in [5, 5.41) is 0. The topological polar surface area (TPSA) is 3.24 Å². The third kappa shape index (κ3) is 5.87. The fourth-order valence-corrected chi connectivity index (χ4v) is 1.27. The highest BCUT2D eigenvalue weighted by atomic mass is 15.1. The largest absolute Gasteiger partial charge is 0.300 e. The molecule has 0 aliphatic carbocycles. The van der Waals surface area contributed by atoms with Crippen molar-refractivity contribution in [3.63, 3.8) is 0 Å². The Kier molecular flexibility index (Phi) is 6.97. The molecule has 0 saturated carbocycles. The number of allylic oxidation sites excluding steroid dienone is 1. The van der Waals surface area contributed by atoms with Crippen molar-refractivity contribution in [2.45, 2.75) is 46.6 Å². The summed E-state index contributed by atoms with van der Waals surface area (Å²) in [6.07, 6.45) is 6.95. The molecule has 0 aromatic carbocycles. The molecule has 0 bridgehead atoms. The van der Waals surface area contributed by atoms with Gasteiger partial charge in [0, 0.05) is 12.6 Å². The van der Waals surface area contributed by atoms with E-state index < -0.39 is 0 Å². The third-order valence-corrected chi connectivity index (χ3v) is 2.64. The van der Waals surface area contributed by atoms with Gasteiger partial charge in [-0.3, -0.25) is 4.90 Å². The molecule has 1 heteroatoms. The minimum Gasteiger partial charge on any atom is -0.300 e. The molecule has 0 aromatic heterocycles. The standard InChI is InChI=1S/C12H25N/c1-6-8-9-12(4)13(5)10-11(3)7-2/h8-9,11-12H,6-7,10H2,1-5H3/b9-8-. The van der Waals surface area contributed by atoms with Crippen LogP contribution in [0.25, 0.3) is 0 Å². The van der Waals surface area contributed by atoms with Crippen LogP contribution in [0.1, 0.15) is 40.5 Å². The second-order valence-corrected chi connectivity index (χ2v) is 4.03. The summed E-state index contributed by atoms with van der Waals surface area (Å²) < 4.78 is 0. The third-order valence-electron chi connectivity index (χ3n) is 2.64. The molecular formula is C12H25N. The van der Waals surface area contributed by atoms with Crippen LogP contribution in [0, 0.1) is 5.92 Å². The van der Waals surface area contributed by atoms with Gasteiger partial charge < -0.3 is 0 Å². The van der Waals surface area contributed by atoms with E-state index in [9.17, 15) is 0 Å². The maximum Gasteiger partial charge on any atom is 0.0246 e. The minimum absolute atomic E-state index is 0.578. The highest BCUT2D eigenvalue weighted by Gasteiger charge is 2.08. The minimum atomic E-state index is 0.578. The summed E-state index contributed by atoms with van der Waals surface area (Å²) in [5.41, 5.74) is 0. The van der Waals surface area contributed by atoms with Crippen molar-refractivity contribution in [2.24, 2.45) is 5.92 Å². The van der Waals surface area contributed by atoms with E-state index in [1.54, 1.807) is 0 Å². The van der Waals surface area contributed by atoms with Crippen molar-refractivity contribution in [3.8, 4) is 0 Å². The Bertz CT molecular complexity index is 140. The normalized spacial score (nSPS) is 16.8. The van der Waals surface area contributed by atoms with E-state index in [4.69, 9.17) is 0 Å². The quantitative estimate of drug-likeness (QED) is 0.571. The molecule has 0 N–H and O–H groups in total. The van der Waals surface area contributed by atoms with Gasteiger partial charge in [-0.15, -0.1) is 0 Å². The summed E-state index contributed by atoms with van der Waals surface area (Å²) in [4.78, 5) is 2.42. The predicted molar refractivity (Wildman–Crippen MR) is 61.0 cm³/mol. The van der Waals surface area contributed by atoms with E-state index in [1.165, 1.54) is 13.0 Å². The van der Waals surface area contributed by atoms with Gasteiger partial charge in [-0.2, -0.15) is 0 Å². The summed E-state index contributed by atoms with van der Waals surface area (Å²) >= 11 is 0. The number of nitrogens with zero attached hydrogens (tertiary/aromatic N) is 1. The number of hydrogen-bond acceptors (Lipinski definition) is 1. The van der Waals surface area contributed by atoms with E-state index in [-0.39, 0.29) is 0 Å². The van der Waals surface area contributed by atoms with E-state index >= 15 is 0 Å². The van der Waals surface area contributed by atoms with E-state index in [0.29, 0.717) is 6.04 Å². The van der Waals surface area contributed by atoms with Gasteiger partial charge in [0.25, 0.3) is 0 Å². The van der Waals surface area contributed by atoms with Crippen molar-refractivity contribution in [2.75, 3.05) is 13.6 Å². The summed E-state index contributed by atoms with van der Waals surface area (Å²) in [6, 6.07) is 0.578. The van der Waals surface area contributed by atoms with Gasteiger partial charge in [0.05, 0.1) is 0 Å². The molecule has 0 fully saturated rings. The van der Waals surface area contributed by atoms with E-state index in [1.807, 2.05) is 0 Å². The average molecular weight is 183 g/mol. The number of hydrogen-bond donors (Lipinski definition) is 0. The first-order valence-electron chi connectivity index (χ1n) is 5.48. The first kappa shape index (κ1) is 12.7. The molecule has 0 radical (unpaired) electrons. The zero-order valence-corrected chi connectivity index (χ0v) is 9.88. The van der Waals surface area contributed by atoms with Crippen LogP contribution >= 0.6 is 0 Å². The van der Waals surface area contributed by atoms with Crippen molar-refractivity contribution in [3.05, 3.63) is 12.2 Å². The van der Waals surface area contributed by atoms with Crippen LogP contribution in [0.2, 0.25) is 0 Å². The van der Waals surface area contributed by atoms with Gasteiger partial charge in [-0.25, -0.2) is 0 Å². The van der Waals surface area contributed by atoms with Gasteiger partial charge in [-0.05, 0) is 26.3 Å². The lowest BCUT2D eigenvalue weighted by atomic mass is 10.1. The smallest absolute Gasteiger partial charge is 0.0246 e. The molecule has 13 heavy (non-hydrogen) atoms. The summed E-state index contributed by atoms with van der Waals surface area (Å²) in [7, 11) is 2.21. The Morgan fingerprint density at radius 2 is 1.85 bits per heavy atom. The van der Waals surface area contributed by atoms with Crippen molar-refractivity contribution in [1.29, 1.82) is 0 Å². The average Bonchev–Trinajstić information content (AvgIpc) is 2.13. The predicted octanol–water partition coefficient (Wildman–Crippen LogP) is 3.32. The first-order valence-corrected chi connectivity index (χ1v) is 5.48. The maximum atomic E-state index is 2.42. The molecule has 0 aliphatic heterocycles. The Balaban J connectivity index is 3.81. The molecule has 0 heterocycles. The Hall–Kier alpha value is -0.300. The second-order valence-electron chi connectivity index (χ2n) is 4.03. The van der Waals surface area contributed by atoms with Crippen LogP contribution in [0.5, 0.6) is 0 Å². The number of likely N-dealkylation sites (N-methyl/N-ethyl adjacent to an activating group) is 1. The molecule has 0 saturated heterocycles. The van der Waals surface area contributed by atoms with Crippen LogP contribution in [0.4, 0.5) is 0 Å². The lowest BCUT2D eigenvalue weighted by Crippen LogP contribution is -2.31. The summed E-state index contributed by atoms with van der Waals surface area (Å²) in [6.45, 7) is 10.2. The molecule has 0 amide bonds. The lowest BCUT2D eigenvalue weighted by Gasteiger charge is -2.24. The van der Waals surface area contributed by atoms with E-state index in [0.717, 1.165) is 12.3 Å². The lowest BCUT2D eigenvalue weighted by molar-refractivity contribution is 0.252. The number of rotatable bonds is 6. The van der Waals surface area contributed by atoms with Crippen molar-refractivity contribution in [1.82, 2.24) is 4.90 Å². The molecule has 0 rings (SSSR count). The second kappa shape index (κ2) is 7.14. The molecule has 2 unspecified atom stereocenters. The SMILES string of the molecule is CC/C=C\C(C)N(C)CC(C)CC. The highest BCUT2D eigenvalue weighted by molar-refractivity contribution is 4.90. The Morgan fingerprint density at radius 3 is 2.31 bits per heavy atom. The first-order chi connectivity index (χ1) is 6.11. The van der Waals surface area contributed by atoms with Crippen molar-refractivity contribution >= 4 is 0 Å². The van der Waals surface area contributed by atoms with Crippen LogP contribution in [0.15, 0.2) is 12.2 Å². The highest BCUT2D eigenvalue weighted by Crippen LogP contribution is 2.06. The van der Waals surface area contributed by atoms with Gasteiger partial charge in [0.2, 0.25) is 0 Å². The van der Waals surface area contributed by atoms with Crippen LogP contribution in [0.3, 0.4) is 0 Å². The Labute approximate surface area is 83.8 Å². The molecule has 0 aliphatic rings. The van der Waals surface area contributed by atoms with Crippen LogP contribution in [-0.4, -0.2) is 24.5 Å². The zero-order valence-electron chi connectivity index (χ0n) is 9.88. The fraction of sp³-hybridized carbons (Fsp3) is 0.833. The Morgan fingerprint density at radius 1 is 1.23 bits per heavy atom. The van der Waals surface area contributed by atoms with Gasteiger partial charge in [0.15, 0.2) is 0 Å². The molecular weight excluding hydrogens is 158 g/mol. The van der Waals surface area contributed by atoms with Crippen molar-refractivity contribution < 1.29 is 0 Å². The summed E-state index contributed by atoms with van der Waals surface area (Å²) in [5.74, 6) is 0.808. The van der Waals surface area contributed by atoms with E-state index in [2.05, 4.69) is 51.8 Å². The molecule has 0 aromatic rings. The van der Waals surface area contributed by atoms with Crippen LogP contribution < -0.4 is 0 Å². The fourth-order valence-electron chi connectivity index (χ4n) is 1.27. The van der Waals surface area contributed by atoms with Gasteiger partial charge in [-0.1, -0.05) is 39.3 Å². The monoisotopic (exact) mass is 183 g/mol. The molecule has 0 spiro atoms. The van der Waals surface area contributed by atoms with Gasteiger partial charge >= 0.3 is 0 Å². The van der Waals surface area contributed by atoms with Crippen LogP contribution in [-0.2, 0) is 0 Å². The molecule has 1 nitrogen and oxygen atoms in total. The molecule has 78 valence electrons.